The number of aliphatic carboxylic acids is 1. The molecule has 4 nitrogen and oxygen atoms in total. The van der Waals surface area contributed by atoms with Crippen LogP contribution < -0.4 is 5.32 Å². The van der Waals surface area contributed by atoms with E-state index in [9.17, 15) is 9.59 Å². The number of benzene rings is 1. The zero-order valence-electron chi connectivity index (χ0n) is 12.4. The Balaban J connectivity index is 1.80. The van der Waals surface area contributed by atoms with Crippen molar-refractivity contribution in [2.75, 3.05) is 5.75 Å². The van der Waals surface area contributed by atoms with E-state index in [1.54, 1.807) is 0 Å². The number of thioether (sulfide) groups is 1. The summed E-state index contributed by atoms with van der Waals surface area (Å²) in [6.07, 6.45) is 1.97. The number of aryl methyl sites for hydroxylation is 2. The molecule has 21 heavy (non-hydrogen) atoms. The molecule has 2 unspecified atom stereocenters. The van der Waals surface area contributed by atoms with Gasteiger partial charge in [-0.3, -0.25) is 9.59 Å². The first kappa shape index (κ1) is 15.9. The van der Waals surface area contributed by atoms with Crippen molar-refractivity contribution >= 4 is 23.6 Å². The lowest BCUT2D eigenvalue weighted by molar-refractivity contribution is -0.141. The molecule has 0 saturated heterocycles. The smallest absolute Gasteiger partial charge is 0.306 e. The summed E-state index contributed by atoms with van der Waals surface area (Å²) in [5.41, 5.74) is 2.36. The van der Waals surface area contributed by atoms with Crippen LogP contribution in [0.5, 0.6) is 0 Å². The number of nitrogens with one attached hydrogen (secondary N) is 1. The van der Waals surface area contributed by atoms with Crippen molar-refractivity contribution in [1.82, 2.24) is 5.32 Å². The molecule has 0 aliphatic heterocycles. The van der Waals surface area contributed by atoms with Crippen molar-refractivity contribution in [2.45, 2.75) is 44.0 Å². The van der Waals surface area contributed by atoms with Crippen LogP contribution in [0.2, 0.25) is 0 Å². The minimum absolute atomic E-state index is 0.0119. The molecule has 2 rings (SSSR count). The number of hydrogen-bond acceptors (Lipinski definition) is 3. The molecule has 1 aliphatic carbocycles. The summed E-state index contributed by atoms with van der Waals surface area (Å²) in [5.74, 6) is -0.700. The number of carboxylic acid groups (broad SMARTS) is 1. The first-order chi connectivity index (χ1) is 9.95. The highest BCUT2D eigenvalue weighted by atomic mass is 32.2. The van der Waals surface area contributed by atoms with Gasteiger partial charge in [-0.15, -0.1) is 11.8 Å². The maximum absolute atomic E-state index is 12.0. The summed E-state index contributed by atoms with van der Waals surface area (Å²) in [7, 11) is 0. The number of carboxylic acids is 1. The van der Waals surface area contributed by atoms with E-state index in [1.165, 1.54) is 22.9 Å². The quantitative estimate of drug-likeness (QED) is 0.821. The Morgan fingerprint density at radius 3 is 2.76 bits per heavy atom. The molecule has 0 heterocycles. The van der Waals surface area contributed by atoms with Gasteiger partial charge in [0.15, 0.2) is 0 Å². The van der Waals surface area contributed by atoms with E-state index in [0.717, 1.165) is 11.3 Å². The van der Waals surface area contributed by atoms with Gasteiger partial charge in [0.1, 0.15) is 0 Å². The van der Waals surface area contributed by atoms with E-state index >= 15 is 0 Å². The fraction of sp³-hybridized carbons (Fsp3) is 0.500. The third kappa shape index (κ3) is 4.49. The lowest BCUT2D eigenvalue weighted by Crippen LogP contribution is -2.34. The Morgan fingerprint density at radius 1 is 1.33 bits per heavy atom. The van der Waals surface area contributed by atoms with Gasteiger partial charge in [0.25, 0.3) is 0 Å². The predicted octanol–water partition coefficient (Wildman–Crippen LogP) is 2.77. The molecule has 1 aliphatic rings. The van der Waals surface area contributed by atoms with Gasteiger partial charge in [-0.1, -0.05) is 17.7 Å². The standard InChI is InChI=1S/C16H21NO3S/c1-10-3-4-11(2)14(7-10)21-9-15(18)17-13-6-5-12(8-13)16(19)20/h3-4,7,12-13H,5-6,8-9H2,1-2H3,(H,17,18)(H,19,20). The topological polar surface area (TPSA) is 66.4 Å². The average Bonchev–Trinajstić information content (AvgIpc) is 2.88. The van der Waals surface area contributed by atoms with Gasteiger partial charge in [-0.05, 0) is 44.7 Å². The summed E-state index contributed by atoms with van der Waals surface area (Å²) < 4.78 is 0. The third-order valence-electron chi connectivity index (χ3n) is 3.85. The molecule has 2 N–H and O–H groups in total. The van der Waals surface area contributed by atoms with Gasteiger partial charge in [-0.2, -0.15) is 0 Å². The summed E-state index contributed by atoms with van der Waals surface area (Å²) in [5, 5.41) is 11.9. The molecule has 114 valence electrons. The number of carbonyl (C=O) groups is 2. The first-order valence-electron chi connectivity index (χ1n) is 7.18. The largest absolute Gasteiger partial charge is 0.481 e. The fourth-order valence-corrected chi connectivity index (χ4v) is 3.55. The molecular formula is C16H21NO3S. The van der Waals surface area contributed by atoms with Crippen LogP contribution in [0.4, 0.5) is 0 Å². The molecule has 1 aromatic carbocycles. The summed E-state index contributed by atoms with van der Waals surface area (Å²) in [6.45, 7) is 4.07. The maximum Gasteiger partial charge on any atom is 0.306 e. The Morgan fingerprint density at radius 2 is 2.10 bits per heavy atom. The Labute approximate surface area is 129 Å². The van der Waals surface area contributed by atoms with Gasteiger partial charge in [0, 0.05) is 10.9 Å². The van der Waals surface area contributed by atoms with Gasteiger partial charge < -0.3 is 10.4 Å². The monoisotopic (exact) mass is 307 g/mol. The lowest BCUT2D eigenvalue weighted by atomic mass is 10.1. The van der Waals surface area contributed by atoms with Gasteiger partial charge in [-0.25, -0.2) is 0 Å². The van der Waals surface area contributed by atoms with Crippen molar-refractivity contribution < 1.29 is 14.7 Å². The van der Waals surface area contributed by atoms with Crippen LogP contribution in [0, 0.1) is 19.8 Å². The second-order valence-corrected chi connectivity index (χ2v) is 6.69. The molecule has 1 aromatic rings. The first-order valence-corrected chi connectivity index (χ1v) is 8.16. The van der Waals surface area contributed by atoms with Crippen LogP contribution in [0.25, 0.3) is 0 Å². The third-order valence-corrected chi connectivity index (χ3v) is 5.01. The highest BCUT2D eigenvalue weighted by Gasteiger charge is 2.30. The molecule has 0 spiro atoms. The molecule has 1 fully saturated rings. The van der Waals surface area contributed by atoms with Gasteiger partial charge in [0.05, 0.1) is 11.7 Å². The molecule has 0 radical (unpaired) electrons. The van der Waals surface area contributed by atoms with E-state index in [-0.39, 0.29) is 17.9 Å². The summed E-state index contributed by atoms with van der Waals surface area (Å²) in [4.78, 5) is 24.0. The number of amides is 1. The van der Waals surface area contributed by atoms with Crippen molar-refractivity contribution in [3.05, 3.63) is 29.3 Å². The van der Waals surface area contributed by atoms with Crippen LogP contribution in [-0.4, -0.2) is 28.8 Å². The zero-order valence-corrected chi connectivity index (χ0v) is 13.2. The van der Waals surface area contributed by atoms with Crippen LogP contribution in [-0.2, 0) is 9.59 Å². The van der Waals surface area contributed by atoms with E-state index in [1.807, 2.05) is 13.8 Å². The zero-order chi connectivity index (χ0) is 15.4. The Kier molecular flexibility index (Phi) is 5.28. The second kappa shape index (κ2) is 6.98. The van der Waals surface area contributed by atoms with Crippen LogP contribution in [0.15, 0.2) is 23.1 Å². The number of carbonyl (C=O) groups excluding carboxylic acids is 1. The average molecular weight is 307 g/mol. The Hall–Kier alpha value is -1.49. The summed E-state index contributed by atoms with van der Waals surface area (Å²) >= 11 is 1.53. The molecule has 0 bridgehead atoms. The highest BCUT2D eigenvalue weighted by Crippen LogP contribution is 2.26. The predicted molar refractivity (Wildman–Crippen MR) is 83.5 cm³/mol. The van der Waals surface area contributed by atoms with E-state index in [4.69, 9.17) is 5.11 Å². The second-order valence-electron chi connectivity index (χ2n) is 5.67. The van der Waals surface area contributed by atoms with Crippen LogP contribution >= 0.6 is 11.8 Å². The normalized spacial score (nSPS) is 21.2. The summed E-state index contributed by atoms with van der Waals surface area (Å²) in [6, 6.07) is 6.22. The number of rotatable bonds is 5. The van der Waals surface area contributed by atoms with Crippen molar-refractivity contribution in [1.29, 1.82) is 0 Å². The van der Waals surface area contributed by atoms with E-state index in [2.05, 4.69) is 23.5 Å². The Bertz CT molecular complexity index is 544. The van der Waals surface area contributed by atoms with Crippen LogP contribution in [0.1, 0.15) is 30.4 Å². The van der Waals surface area contributed by atoms with Gasteiger partial charge in [0.2, 0.25) is 5.91 Å². The molecule has 1 saturated carbocycles. The molecule has 5 heteroatoms. The minimum Gasteiger partial charge on any atom is -0.481 e. The van der Waals surface area contributed by atoms with E-state index in [0.29, 0.717) is 18.6 Å². The van der Waals surface area contributed by atoms with Crippen molar-refractivity contribution in [3.8, 4) is 0 Å². The number of hydrogen-bond donors (Lipinski definition) is 2. The van der Waals surface area contributed by atoms with Crippen molar-refractivity contribution in [3.63, 3.8) is 0 Å². The van der Waals surface area contributed by atoms with E-state index < -0.39 is 5.97 Å². The minimum atomic E-state index is -0.753. The maximum atomic E-state index is 12.0. The highest BCUT2D eigenvalue weighted by molar-refractivity contribution is 8.00. The molecular weight excluding hydrogens is 286 g/mol. The lowest BCUT2D eigenvalue weighted by Gasteiger charge is -2.13. The van der Waals surface area contributed by atoms with Crippen molar-refractivity contribution in [2.24, 2.45) is 5.92 Å². The van der Waals surface area contributed by atoms with Crippen LogP contribution in [0.3, 0.4) is 0 Å². The molecule has 1 amide bonds. The molecule has 2 atom stereocenters. The fourth-order valence-electron chi connectivity index (χ4n) is 2.61. The van der Waals surface area contributed by atoms with Gasteiger partial charge >= 0.3 is 5.97 Å². The SMILES string of the molecule is Cc1ccc(C)c(SCC(=O)NC2CCC(C(=O)O)C2)c1. The molecule has 0 aromatic heterocycles.